The van der Waals surface area contributed by atoms with Crippen molar-refractivity contribution < 1.29 is 9.53 Å². The summed E-state index contributed by atoms with van der Waals surface area (Å²) in [6, 6.07) is 7.86. The molecule has 0 saturated carbocycles. The summed E-state index contributed by atoms with van der Waals surface area (Å²) >= 11 is 11.3. The van der Waals surface area contributed by atoms with Gasteiger partial charge in [0.15, 0.2) is 0 Å². The zero-order valence-electron chi connectivity index (χ0n) is 11.7. The molecular formula is C15H15BrClNO2S. The van der Waals surface area contributed by atoms with Gasteiger partial charge in [-0.15, -0.1) is 11.3 Å². The maximum absolute atomic E-state index is 11.2. The second-order valence-electron chi connectivity index (χ2n) is 4.56. The molecule has 0 aliphatic rings. The molecule has 6 heteroatoms. The van der Waals surface area contributed by atoms with Gasteiger partial charge in [0.05, 0.1) is 19.2 Å². The molecule has 0 aliphatic carbocycles. The quantitative estimate of drug-likeness (QED) is 0.748. The Labute approximate surface area is 141 Å². The number of aryl methyl sites for hydroxylation is 1. The fourth-order valence-corrected chi connectivity index (χ4v) is 3.50. The molecule has 112 valence electrons. The predicted molar refractivity (Wildman–Crippen MR) is 91.3 cm³/mol. The molecule has 0 bridgehead atoms. The van der Waals surface area contributed by atoms with Crippen molar-refractivity contribution in [2.75, 3.05) is 12.4 Å². The first-order chi connectivity index (χ1) is 9.99. The van der Waals surface area contributed by atoms with Crippen LogP contribution in [0.1, 0.15) is 15.3 Å². The van der Waals surface area contributed by atoms with Gasteiger partial charge in [-0.25, -0.2) is 0 Å². The lowest BCUT2D eigenvalue weighted by atomic mass is 10.2. The summed E-state index contributed by atoms with van der Waals surface area (Å²) in [5.41, 5.74) is 1.99. The van der Waals surface area contributed by atoms with E-state index in [0.717, 1.165) is 30.5 Å². The van der Waals surface area contributed by atoms with Crippen molar-refractivity contribution >= 4 is 50.5 Å². The number of rotatable bonds is 5. The fraction of sp³-hybridized carbons (Fsp3) is 0.267. The molecule has 0 atom stereocenters. The smallest absolute Gasteiger partial charge is 0.310 e. The second kappa shape index (κ2) is 7.29. The van der Waals surface area contributed by atoms with E-state index in [0.29, 0.717) is 13.0 Å². The number of hydrogen-bond acceptors (Lipinski definition) is 4. The van der Waals surface area contributed by atoms with E-state index in [2.05, 4.69) is 26.0 Å². The van der Waals surface area contributed by atoms with Crippen molar-refractivity contribution in [3.8, 4) is 0 Å². The van der Waals surface area contributed by atoms with Crippen LogP contribution in [0.25, 0.3) is 0 Å². The van der Waals surface area contributed by atoms with Crippen LogP contribution >= 0.6 is 38.9 Å². The number of halogens is 2. The van der Waals surface area contributed by atoms with Gasteiger partial charge in [0.2, 0.25) is 0 Å². The van der Waals surface area contributed by atoms with Gasteiger partial charge >= 0.3 is 5.97 Å². The summed E-state index contributed by atoms with van der Waals surface area (Å²) in [5.74, 6) is -0.218. The molecule has 0 unspecified atom stereocenters. The monoisotopic (exact) mass is 387 g/mol. The van der Waals surface area contributed by atoms with Crippen LogP contribution in [-0.2, 0) is 22.5 Å². The summed E-state index contributed by atoms with van der Waals surface area (Å²) in [6.45, 7) is 2.65. The average Bonchev–Trinajstić information content (AvgIpc) is 2.88. The number of anilines is 1. The minimum atomic E-state index is -0.218. The molecule has 1 aromatic heterocycles. The first-order valence-electron chi connectivity index (χ1n) is 6.33. The lowest BCUT2D eigenvalue weighted by Gasteiger charge is -2.09. The van der Waals surface area contributed by atoms with E-state index in [1.807, 2.05) is 31.2 Å². The van der Waals surface area contributed by atoms with Gasteiger partial charge in [-0.3, -0.25) is 4.79 Å². The zero-order chi connectivity index (χ0) is 15.4. The highest BCUT2D eigenvalue weighted by Gasteiger charge is 2.08. The Morgan fingerprint density at radius 1 is 1.38 bits per heavy atom. The highest BCUT2D eigenvalue weighted by Crippen LogP contribution is 2.30. The number of benzene rings is 1. The lowest BCUT2D eigenvalue weighted by Crippen LogP contribution is -2.02. The maximum Gasteiger partial charge on any atom is 0.310 e. The minimum Gasteiger partial charge on any atom is -0.469 e. The van der Waals surface area contributed by atoms with E-state index in [4.69, 9.17) is 11.6 Å². The number of hydrogen-bond donors (Lipinski definition) is 1. The number of carbonyl (C=O) groups is 1. The van der Waals surface area contributed by atoms with Crippen LogP contribution in [0.5, 0.6) is 0 Å². The number of carbonyl (C=O) groups excluding carboxylic acids is 1. The van der Waals surface area contributed by atoms with E-state index in [1.54, 1.807) is 11.3 Å². The van der Waals surface area contributed by atoms with E-state index in [-0.39, 0.29) is 5.97 Å². The number of esters is 1. The fourth-order valence-electron chi connectivity index (χ4n) is 1.79. The van der Waals surface area contributed by atoms with Crippen molar-refractivity contribution in [3.05, 3.63) is 49.1 Å². The van der Waals surface area contributed by atoms with Crippen LogP contribution in [0, 0.1) is 6.92 Å². The number of ether oxygens (including phenoxy) is 1. The molecule has 1 N–H and O–H groups in total. The van der Waals surface area contributed by atoms with Crippen molar-refractivity contribution in [1.82, 2.24) is 0 Å². The van der Waals surface area contributed by atoms with Crippen LogP contribution in [0.15, 0.2) is 28.7 Å². The third-order valence-corrected chi connectivity index (χ3v) is 5.11. The molecular weight excluding hydrogens is 374 g/mol. The summed E-state index contributed by atoms with van der Waals surface area (Å²) in [5, 5.41) is 4.08. The summed E-state index contributed by atoms with van der Waals surface area (Å²) in [6.07, 6.45) is 0.321. The Kier molecular flexibility index (Phi) is 5.67. The van der Waals surface area contributed by atoms with Gasteiger partial charge in [-0.05, 0) is 52.7 Å². The van der Waals surface area contributed by atoms with Crippen LogP contribution in [0.4, 0.5) is 5.69 Å². The molecule has 0 fully saturated rings. The maximum atomic E-state index is 11.2. The van der Waals surface area contributed by atoms with Gasteiger partial charge in [0, 0.05) is 25.8 Å². The number of thiophene rings is 1. The van der Waals surface area contributed by atoms with Crippen LogP contribution in [0.2, 0.25) is 5.02 Å². The van der Waals surface area contributed by atoms with Crippen molar-refractivity contribution in [1.29, 1.82) is 0 Å². The number of nitrogens with one attached hydrogen (secondary N) is 1. The van der Waals surface area contributed by atoms with Gasteiger partial charge in [-0.2, -0.15) is 0 Å². The molecule has 2 aromatic rings. The highest BCUT2D eigenvalue weighted by atomic mass is 79.9. The summed E-state index contributed by atoms with van der Waals surface area (Å²) < 4.78 is 5.65. The van der Waals surface area contributed by atoms with Gasteiger partial charge < -0.3 is 10.1 Å². The van der Waals surface area contributed by atoms with Crippen LogP contribution in [-0.4, -0.2) is 13.1 Å². The first kappa shape index (κ1) is 16.3. The van der Waals surface area contributed by atoms with E-state index >= 15 is 0 Å². The Bertz CT molecular complexity index is 657. The van der Waals surface area contributed by atoms with Crippen LogP contribution < -0.4 is 5.32 Å². The SMILES string of the molecule is COC(=O)Cc1ccc(CNc2cc(Cl)c(C)cc2Br)s1. The Balaban J connectivity index is 2.00. The van der Waals surface area contributed by atoms with Gasteiger partial charge in [0.25, 0.3) is 0 Å². The minimum absolute atomic E-state index is 0.218. The molecule has 2 rings (SSSR count). The average molecular weight is 389 g/mol. The molecule has 3 nitrogen and oxygen atoms in total. The van der Waals surface area contributed by atoms with Crippen LogP contribution in [0.3, 0.4) is 0 Å². The van der Waals surface area contributed by atoms with Crippen molar-refractivity contribution in [2.45, 2.75) is 19.9 Å². The van der Waals surface area contributed by atoms with Crippen molar-refractivity contribution in [2.24, 2.45) is 0 Å². The summed E-state index contributed by atoms with van der Waals surface area (Å²) in [7, 11) is 1.40. The van der Waals surface area contributed by atoms with Gasteiger partial charge in [-0.1, -0.05) is 11.6 Å². The molecule has 0 radical (unpaired) electrons. The van der Waals surface area contributed by atoms with Crippen molar-refractivity contribution in [3.63, 3.8) is 0 Å². The number of methoxy groups -OCH3 is 1. The third kappa shape index (κ3) is 4.46. The largest absolute Gasteiger partial charge is 0.469 e. The molecule has 1 aromatic carbocycles. The first-order valence-corrected chi connectivity index (χ1v) is 8.32. The molecule has 1 heterocycles. The second-order valence-corrected chi connectivity index (χ2v) is 7.07. The predicted octanol–water partition coefficient (Wildman–Crippen LogP) is 4.80. The molecule has 21 heavy (non-hydrogen) atoms. The van der Waals surface area contributed by atoms with E-state index in [9.17, 15) is 4.79 Å². The van der Waals surface area contributed by atoms with Gasteiger partial charge in [0.1, 0.15) is 0 Å². The van der Waals surface area contributed by atoms with E-state index < -0.39 is 0 Å². The molecule has 0 amide bonds. The third-order valence-electron chi connectivity index (χ3n) is 2.96. The topological polar surface area (TPSA) is 38.3 Å². The zero-order valence-corrected chi connectivity index (χ0v) is 14.9. The summed E-state index contributed by atoms with van der Waals surface area (Å²) in [4.78, 5) is 13.4. The Morgan fingerprint density at radius 3 is 2.81 bits per heavy atom. The standard InChI is InChI=1S/C15H15BrClNO2S/c1-9-5-12(16)14(7-13(9)17)18-8-11-4-3-10(21-11)6-15(19)20-2/h3-5,7,18H,6,8H2,1-2H3. The Hall–Kier alpha value is -1.04. The highest BCUT2D eigenvalue weighted by molar-refractivity contribution is 9.10. The molecule has 0 spiro atoms. The Morgan fingerprint density at radius 2 is 2.10 bits per heavy atom. The normalized spacial score (nSPS) is 10.5. The molecule has 0 saturated heterocycles. The van der Waals surface area contributed by atoms with E-state index in [1.165, 1.54) is 7.11 Å². The molecule has 0 aliphatic heterocycles. The lowest BCUT2D eigenvalue weighted by molar-refractivity contribution is -0.139.